The van der Waals surface area contributed by atoms with Gasteiger partial charge in [0.25, 0.3) is 0 Å². The summed E-state index contributed by atoms with van der Waals surface area (Å²) in [5.74, 6) is 0.191. The molecule has 0 unspecified atom stereocenters. The van der Waals surface area contributed by atoms with Gasteiger partial charge in [-0.3, -0.25) is 9.78 Å². The number of pyridine rings is 1. The average Bonchev–Trinajstić information content (AvgIpc) is 2.45. The van der Waals surface area contributed by atoms with Crippen LogP contribution in [0.1, 0.15) is 12.0 Å². The highest BCUT2D eigenvalue weighted by molar-refractivity contribution is 5.76. The molecule has 0 aliphatic heterocycles. The summed E-state index contributed by atoms with van der Waals surface area (Å²) in [6, 6.07) is 3.97. The minimum atomic E-state index is 0.191. The summed E-state index contributed by atoms with van der Waals surface area (Å²) in [6.07, 6.45) is 5.00. The second kappa shape index (κ2) is 9.44. The maximum absolute atomic E-state index is 11.9. The van der Waals surface area contributed by atoms with E-state index in [2.05, 4.69) is 15.2 Å². The molecule has 1 heterocycles. The van der Waals surface area contributed by atoms with Crippen molar-refractivity contribution < 1.29 is 4.79 Å². The fraction of sp³-hybridized carbons (Fsp3) is 0.600. The van der Waals surface area contributed by atoms with Crippen LogP contribution in [0, 0.1) is 0 Å². The first kappa shape index (κ1) is 16.6. The molecule has 0 bridgehead atoms. The third kappa shape index (κ3) is 7.21. The number of carbonyl (C=O) groups excluding carboxylic acids is 1. The molecule has 5 heteroatoms. The Morgan fingerprint density at radius 1 is 1.15 bits per heavy atom. The Kier molecular flexibility index (Phi) is 7.84. The van der Waals surface area contributed by atoms with Gasteiger partial charge in [-0.1, -0.05) is 0 Å². The number of rotatable bonds is 9. The van der Waals surface area contributed by atoms with E-state index in [0.29, 0.717) is 6.42 Å². The van der Waals surface area contributed by atoms with Crippen LogP contribution in [0.2, 0.25) is 0 Å². The maximum Gasteiger partial charge on any atom is 0.223 e. The van der Waals surface area contributed by atoms with Gasteiger partial charge in [-0.15, -0.1) is 0 Å². The molecule has 5 nitrogen and oxygen atoms in total. The lowest BCUT2D eigenvalue weighted by molar-refractivity contribution is -0.129. The van der Waals surface area contributed by atoms with Gasteiger partial charge in [0.1, 0.15) is 0 Å². The van der Waals surface area contributed by atoms with E-state index in [9.17, 15) is 4.79 Å². The van der Waals surface area contributed by atoms with E-state index in [1.807, 2.05) is 33.3 Å². The number of hydrogen-bond donors (Lipinski definition) is 1. The highest BCUT2D eigenvalue weighted by Crippen LogP contribution is 2.00. The first-order valence-corrected chi connectivity index (χ1v) is 7.08. The molecule has 0 atom stereocenters. The minimum absolute atomic E-state index is 0.191. The standard InChI is InChI=1S/C15H26N4O/c1-18(2)13-11-17-10-6-15(20)19(3)12-7-14-4-8-16-9-5-14/h4-5,8-9,17H,6-7,10-13H2,1-3H3. The molecule has 1 aromatic heterocycles. The van der Waals surface area contributed by atoms with Crippen molar-refractivity contribution in [1.29, 1.82) is 0 Å². The van der Waals surface area contributed by atoms with Crippen molar-refractivity contribution in [3.05, 3.63) is 30.1 Å². The fourth-order valence-electron chi connectivity index (χ4n) is 1.78. The summed E-state index contributed by atoms with van der Waals surface area (Å²) in [7, 11) is 5.95. The first-order valence-electron chi connectivity index (χ1n) is 7.08. The molecular formula is C15H26N4O. The first-order chi connectivity index (χ1) is 9.59. The molecule has 1 amide bonds. The molecule has 0 radical (unpaired) electrons. The van der Waals surface area contributed by atoms with E-state index in [0.717, 1.165) is 32.6 Å². The molecule has 0 aliphatic carbocycles. The largest absolute Gasteiger partial charge is 0.345 e. The Hall–Kier alpha value is -1.46. The molecule has 112 valence electrons. The fourth-order valence-corrected chi connectivity index (χ4v) is 1.78. The van der Waals surface area contributed by atoms with Crippen LogP contribution in [-0.4, -0.2) is 68.0 Å². The van der Waals surface area contributed by atoms with E-state index >= 15 is 0 Å². The lowest BCUT2D eigenvalue weighted by Crippen LogP contribution is -2.33. The Bertz CT molecular complexity index is 381. The number of nitrogens with zero attached hydrogens (tertiary/aromatic N) is 3. The van der Waals surface area contributed by atoms with Gasteiger partial charge in [-0.05, 0) is 38.2 Å². The average molecular weight is 278 g/mol. The zero-order chi connectivity index (χ0) is 14.8. The lowest BCUT2D eigenvalue weighted by Gasteiger charge is -2.17. The van der Waals surface area contributed by atoms with Crippen molar-refractivity contribution in [3.8, 4) is 0 Å². The van der Waals surface area contributed by atoms with Crippen LogP contribution in [0.3, 0.4) is 0 Å². The SMILES string of the molecule is CN(C)CCNCCC(=O)N(C)CCc1ccncc1. The quantitative estimate of drug-likeness (QED) is 0.673. The summed E-state index contributed by atoms with van der Waals surface area (Å²) in [4.78, 5) is 19.8. The summed E-state index contributed by atoms with van der Waals surface area (Å²) < 4.78 is 0. The van der Waals surface area contributed by atoms with Gasteiger partial charge in [-0.2, -0.15) is 0 Å². The van der Waals surface area contributed by atoms with Gasteiger partial charge in [-0.25, -0.2) is 0 Å². The highest BCUT2D eigenvalue weighted by Gasteiger charge is 2.07. The van der Waals surface area contributed by atoms with E-state index < -0.39 is 0 Å². The topological polar surface area (TPSA) is 48.5 Å². The van der Waals surface area contributed by atoms with Crippen molar-refractivity contribution in [2.75, 3.05) is 47.3 Å². The Morgan fingerprint density at radius 2 is 1.85 bits per heavy atom. The Balaban J connectivity index is 2.13. The van der Waals surface area contributed by atoms with E-state index in [4.69, 9.17) is 0 Å². The number of carbonyl (C=O) groups is 1. The van der Waals surface area contributed by atoms with Crippen LogP contribution in [0.15, 0.2) is 24.5 Å². The van der Waals surface area contributed by atoms with Crippen molar-refractivity contribution in [3.63, 3.8) is 0 Å². The molecule has 20 heavy (non-hydrogen) atoms. The van der Waals surface area contributed by atoms with Gasteiger partial charge in [0.05, 0.1) is 0 Å². The summed E-state index contributed by atoms with van der Waals surface area (Å²) in [5, 5.41) is 3.28. The molecule has 0 saturated heterocycles. The third-order valence-electron chi connectivity index (χ3n) is 3.16. The molecule has 1 aromatic rings. The molecule has 1 rings (SSSR count). The zero-order valence-electron chi connectivity index (χ0n) is 12.8. The summed E-state index contributed by atoms with van der Waals surface area (Å²) in [5.41, 5.74) is 1.21. The van der Waals surface area contributed by atoms with E-state index in [1.165, 1.54) is 5.56 Å². The lowest BCUT2D eigenvalue weighted by atomic mass is 10.2. The van der Waals surface area contributed by atoms with Crippen molar-refractivity contribution >= 4 is 5.91 Å². The molecule has 1 N–H and O–H groups in total. The molecule has 0 fully saturated rings. The van der Waals surface area contributed by atoms with Crippen molar-refractivity contribution in [2.24, 2.45) is 0 Å². The van der Waals surface area contributed by atoms with Crippen LogP contribution >= 0.6 is 0 Å². The number of likely N-dealkylation sites (N-methyl/N-ethyl adjacent to an activating group) is 2. The van der Waals surface area contributed by atoms with E-state index in [-0.39, 0.29) is 5.91 Å². The van der Waals surface area contributed by atoms with Crippen LogP contribution in [0.25, 0.3) is 0 Å². The number of hydrogen-bond acceptors (Lipinski definition) is 4. The number of aromatic nitrogens is 1. The number of amides is 1. The second-order valence-electron chi connectivity index (χ2n) is 5.22. The monoisotopic (exact) mass is 278 g/mol. The Morgan fingerprint density at radius 3 is 2.50 bits per heavy atom. The zero-order valence-corrected chi connectivity index (χ0v) is 12.8. The molecule has 0 spiro atoms. The van der Waals surface area contributed by atoms with E-state index in [1.54, 1.807) is 17.3 Å². The Labute approximate surface area is 122 Å². The second-order valence-corrected chi connectivity index (χ2v) is 5.22. The van der Waals surface area contributed by atoms with Gasteiger partial charge in [0.2, 0.25) is 5.91 Å². The van der Waals surface area contributed by atoms with Crippen molar-refractivity contribution in [2.45, 2.75) is 12.8 Å². The van der Waals surface area contributed by atoms with Gasteiger partial charge >= 0.3 is 0 Å². The van der Waals surface area contributed by atoms with Gasteiger partial charge in [0.15, 0.2) is 0 Å². The highest BCUT2D eigenvalue weighted by atomic mass is 16.2. The normalized spacial score (nSPS) is 10.8. The van der Waals surface area contributed by atoms with Crippen LogP contribution in [0.4, 0.5) is 0 Å². The van der Waals surface area contributed by atoms with Crippen LogP contribution < -0.4 is 5.32 Å². The minimum Gasteiger partial charge on any atom is -0.345 e. The molecule has 0 aliphatic rings. The molecule has 0 saturated carbocycles. The third-order valence-corrected chi connectivity index (χ3v) is 3.16. The van der Waals surface area contributed by atoms with Crippen LogP contribution in [0.5, 0.6) is 0 Å². The predicted octanol–water partition coefficient (Wildman–Crippen LogP) is 0.624. The summed E-state index contributed by atoms with van der Waals surface area (Å²) >= 11 is 0. The maximum atomic E-state index is 11.9. The molecular weight excluding hydrogens is 252 g/mol. The predicted molar refractivity (Wildman–Crippen MR) is 81.6 cm³/mol. The van der Waals surface area contributed by atoms with Gasteiger partial charge in [0, 0.05) is 52.0 Å². The van der Waals surface area contributed by atoms with Gasteiger partial charge < -0.3 is 15.1 Å². The molecule has 0 aromatic carbocycles. The number of nitrogens with one attached hydrogen (secondary N) is 1. The van der Waals surface area contributed by atoms with Crippen LogP contribution in [-0.2, 0) is 11.2 Å². The summed E-state index contributed by atoms with van der Waals surface area (Å²) in [6.45, 7) is 3.40. The van der Waals surface area contributed by atoms with Crippen molar-refractivity contribution in [1.82, 2.24) is 20.1 Å². The smallest absolute Gasteiger partial charge is 0.223 e.